The Morgan fingerprint density at radius 2 is 1.50 bits per heavy atom. The van der Waals surface area contributed by atoms with Crippen LogP contribution in [0, 0.1) is 0 Å². The molecule has 0 aliphatic carbocycles. The minimum absolute atomic E-state index is 0.0189. The summed E-state index contributed by atoms with van der Waals surface area (Å²) in [5.74, 6) is -2.70. The summed E-state index contributed by atoms with van der Waals surface area (Å²) < 4.78 is 33.6. The highest BCUT2D eigenvalue weighted by Crippen LogP contribution is 2.40. The van der Waals surface area contributed by atoms with Crippen LogP contribution < -0.4 is 14.9 Å². The van der Waals surface area contributed by atoms with Crippen LogP contribution >= 0.6 is 0 Å². The third-order valence-electron chi connectivity index (χ3n) is 7.62. The number of phenols is 3. The van der Waals surface area contributed by atoms with Crippen molar-refractivity contribution in [2.45, 2.75) is 68.3 Å². The van der Waals surface area contributed by atoms with Crippen LogP contribution in [-0.2, 0) is 14.2 Å². The number of aliphatic hydroxyl groups excluding tert-OH is 7. The molecule has 3 aromatic rings. The van der Waals surface area contributed by atoms with E-state index < -0.39 is 97.3 Å². The molecule has 0 amide bonds. The van der Waals surface area contributed by atoms with E-state index in [-0.39, 0.29) is 40.4 Å². The van der Waals surface area contributed by atoms with E-state index in [0.29, 0.717) is 0 Å². The van der Waals surface area contributed by atoms with Crippen LogP contribution in [0.3, 0.4) is 0 Å². The molecule has 0 saturated carbocycles. The summed E-state index contributed by atoms with van der Waals surface area (Å²) in [6, 6.07) is 5.56. The van der Waals surface area contributed by atoms with Crippen LogP contribution in [0.15, 0.2) is 39.5 Å². The molecule has 0 radical (unpaired) electrons. The number of fused-ring (bicyclic) bond motifs is 1. The van der Waals surface area contributed by atoms with Crippen molar-refractivity contribution in [2.24, 2.45) is 0 Å². The van der Waals surface area contributed by atoms with Gasteiger partial charge in [0.15, 0.2) is 23.5 Å². The number of aromatic hydroxyl groups is 3. The fraction of sp³-hybridized carbons (Fsp3) is 0.483. The molecule has 2 aromatic carbocycles. The minimum Gasteiger partial charge on any atom is -0.508 e. The number of rotatable bonds is 9. The van der Waals surface area contributed by atoms with Gasteiger partial charge in [-0.15, -0.1) is 0 Å². The summed E-state index contributed by atoms with van der Waals surface area (Å²) in [6.45, 7) is 0.107. The Labute approximate surface area is 259 Å². The highest BCUT2D eigenvalue weighted by molar-refractivity contribution is 5.88. The lowest BCUT2D eigenvalue weighted by atomic mass is 9.98. The summed E-state index contributed by atoms with van der Waals surface area (Å²) in [4.78, 5) is 14.0. The molecular weight excluding hydrogens is 620 g/mol. The molecule has 5 rings (SSSR count). The van der Waals surface area contributed by atoms with Crippen molar-refractivity contribution in [3.05, 3.63) is 40.6 Å². The number of benzene rings is 2. The molecule has 0 unspecified atom stereocenters. The number of aliphatic hydroxyl groups is 7. The molecule has 2 fully saturated rings. The molecule has 0 bridgehead atoms. The Hall–Kier alpha value is -3.75. The summed E-state index contributed by atoms with van der Waals surface area (Å²) in [7, 11) is 0. The molecular formula is C29H34O17. The second-order valence-corrected chi connectivity index (χ2v) is 10.8. The number of hydrogen-bond donors (Lipinski definition) is 10. The molecule has 10 N–H and O–H groups in total. The maximum atomic E-state index is 14.0. The third-order valence-corrected chi connectivity index (χ3v) is 7.62. The summed E-state index contributed by atoms with van der Waals surface area (Å²) >= 11 is 0. The van der Waals surface area contributed by atoms with Gasteiger partial charge in [-0.05, 0) is 25.1 Å². The maximum absolute atomic E-state index is 14.0. The Morgan fingerprint density at radius 3 is 2.20 bits per heavy atom. The molecule has 17 nitrogen and oxygen atoms in total. The van der Waals surface area contributed by atoms with Gasteiger partial charge in [0.1, 0.15) is 71.8 Å². The zero-order valence-corrected chi connectivity index (χ0v) is 24.1. The first-order valence-corrected chi connectivity index (χ1v) is 14.1. The fourth-order valence-electron chi connectivity index (χ4n) is 5.09. The van der Waals surface area contributed by atoms with Crippen LogP contribution in [0.1, 0.15) is 6.92 Å². The van der Waals surface area contributed by atoms with E-state index in [1.807, 2.05) is 0 Å². The van der Waals surface area contributed by atoms with E-state index in [1.165, 1.54) is 13.0 Å². The lowest BCUT2D eigenvalue weighted by molar-refractivity contribution is -0.318. The average Bonchev–Trinajstić information content (AvgIpc) is 3.02. The monoisotopic (exact) mass is 654 g/mol. The zero-order valence-electron chi connectivity index (χ0n) is 24.1. The highest BCUT2D eigenvalue weighted by atomic mass is 16.7. The third kappa shape index (κ3) is 6.42. The predicted octanol–water partition coefficient (Wildman–Crippen LogP) is -2.02. The first kappa shape index (κ1) is 33.6. The van der Waals surface area contributed by atoms with Crippen molar-refractivity contribution >= 4 is 11.0 Å². The Morgan fingerprint density at radius 1 is 0.804 bits per heavy atom. The van der Waals surface area contributed by atoms with Gasteiger partial charge in [0, 0.05) is 17.7 Å². The molecule has 10 atom stereocenters. The van der Waals surface area contributed by atoms with Crippen LogP contribution in [-0.4, -0.2) is 132 Å². The van der Waals surface area contributed by atoms with E-state index in [2.05, 4.69) is 0 Å². The topological polar surface area (TPSA) is 279 Å². The quantitative estimate of drug-likeness (QED) is 0.111. The second-order valence-electron chi connectivity index (χ2n) is 10.8. The van der Waals surface area contributed by atoms with Crippen LogP contribution in [0.25, 0.3) is 22.3 Å². The van der Waals surface area contributed by atoms with Crippen LogP contribution in [0.2, 0.25) is 0 Å². The summed E-state index contributed by atoms with van der Waals surface area (Å²) in [5.41, 5.74) is -1.18. The number of ether oxygens (including phenoxy) is 5. The van der Waals surface area contributed by atoms with E-state index in [0.717, 1.165) is 24.3 Å². The van der Waals surface area contributed by atoms with Gasteiger partial charge < -0.3 is 79.2 Å². The van der Waals surface area contributed by atoms with Crippen molar-refractivity contribution in [3.8, 4) is 40.1 Å². The van der Waals surface area contributed by atoms with Gasteiger partial charge in [0.25, 0.3) is 0 Å². The standard InChI is InChI=1S/C29H34O17/c1-10-19(34)22(37)24(39)28(43-10)42-9-17-20(35)23(38)25(40)29(45-17)46-27-21(36)18-15(41-5-4-30)7-12(31)8-16(18)44-26(27)11-2-3-13(32)14(33)6-11/h2-3,6-8,10,17,19-20,22-25,28-35,37-40H,4-5,9H2,1H3/t10-,17+,19-,20+,22+,23-,24+,25+,28+,29-/m0/s1. The van der Waals surface area contributed by atoms with Gasteiger partial charge in [-0.2, -0.15) is 0 Å². The lowest BCUT2D eigenvalue weighted by Crippen LogP contribution is -2.61. The highest BCUT2D eigenvalue weighted by Gasteiger charge is 2.48. The van der Waals surface area contributed by atoms with Gasteiger partial charge in [-0.25, -0.2) is 0 Å². The predicted molar refractivity (Wildman–Crippen MR) is 151 cm³/mol. The van der Waals surface area contributed by atoms with E-state index in [1.54, 1.807) is 0 Å². The largest absolute Gasteiger partial charge is 0.508 e. The molecule has 2 aliphatic rings. The van der Waals surface area contributed by atoms with Crippen LogP contribution in [0.4, 0.5) is 0 Å². The summed E-state index contributed by atoms with van der Waals surface area (Å²) in [6.07, 6.45) is -16.2. The van der Waals surface area contributed by atoms with Gasteiger partial charge >= 0.3 is 0 Å². The van der Waals surface area contributed by atoms with E-state index in [4.69, 9.17) is 28.1 Å². The van der Waals surface area contributed by atoms with Crippen molar-refractivity contribution in [1.82, 2.24) is 0 Å². The second kappa shape index (κ2) is 13.5. The average molecular weight is 655 g/mol. The van der Waals surface area contributed by atoms with Crippen molar-refractivity contribution in [1.29, 1.82) is 0 Å². The summed E-state index contributed by atoms with van der Waals surface area (Å²) in [5, 5.41) is 101. The van der Waals surface area contributed by atoms with Crippen molar-refractivity contribution < 1.29 is 79.2 Å². The Bertz CT molecular complexity index is 1590. The maximum Gasteiger partial charge on any atom is 0.239 e. The Kier molecular flexibility index (Phi) is 9.89. The van der Waals surface area contributed by atoms with Gasteiger partial charge in [0.05, 0.1) is 19.3 Å². The lowest BCUT2D eigenvalue weighted by Gasteiger charge is -2.42. The number of phenolic OH excluding ortho intramolecular Hbond substituents is 3. The molecule has 1 aromatic heterocycles. The Balaban J connectivity index is 1.51. The SMILES string of the molecule is C[C@@H]1O[C@@H](OC[C@H]2O[C@@H](Oc3c(-c4ccc(O)c(O)c4)oc4cc(O)cc(OCCO)c4c3=O)[C@H](O)[C@@H](O)[C@@H]2O)[C@H](O)[C@H](O)[C@H]1O. The van der Waals surface area contributed by atoms with E-state index >= 15 is 0 Å². The smallest absolute Gasteiger partial charge is 0.239 e. The molecule has 2 saturated heterocycles. The van der Waals surface area contributed by atoms with Crippen molar-refractivity contribution in [2.75, 3.05) is 19.8 Å². The normalized spacial score (nSPS) is 31.6. The fourth-order valence-corrected chi connectivity index (χ4v) is 5.09. The molecule has 252 valence electrons. The zero-order chi connectivity index (χ0) is 33.4. The van der Waals surface area contributed by atoms with Crippen LogP contribution in [0.5, 0.6) is 28.7 Å². The van der Waals surface area contributed by atoms with E-state index in [9.17, 15) is 55.9 Å². The van der Waals surface area contributed by atoms with Gasteiger partial charge in [-0.3, -0.25) is 4.79 Å². The van der Waals surface area contributed by atoms with Gasteiger partial charge in [-0.1, -0.05) is 0 Å². The van der Waals surface area contributed by atoms with Gasteiger partial charge in [0.2, 0.25) is 17.5 Å². The molecule has 0 spiro atoms. The first-order chi connectivity index (χ1) is 21.8. The minimum atomic E-state index is -1.97. The number of hydrogen-bond acceptors (Lipinski definition) is 17. The van der Waals surface area contributed by atoms with Crippen molar-refractivity contribution in [3.63, 3.8) is 0 Å². The molecule has 17 heteroatoms. The molecule has 2 aliphatic heterocycles. The molecule has 3 heterocycles. The molecule has 46 heavy (non-hydrogen) atoms. The first-order valence-electron chi connectivity index (χ1n) is 14.1.